The Hall–Kier alpha value is -2.05. The Bertz CT molecular complexity index is 457. The summed E-state index contributed by atoms with van der Waals surface area (Å²) in [4.78, 5) is 19.8. The van der Waals surface area contributed by atoms with Gasteiger partial charge in [0, 0.05) is 12.1 Å². The van der Waals surface area contributed by atoms with Crippen LogP contribution in [0.3, 0.4) is 0 Å². The molecule has 0 fully saturated rings. The molecule has 98 valence electrons. The smallest absolute Gasteiger partial charge is 0.475 e. The Balaban J connectivity index is 0.000000203. The van der Waals surface area contributed by atoms with E-state index in [2.05, 4.69) is 11.4 Å². The number of carboxylic acids is 1. The first-order chi connectivity index (χ1) is 8.30. The molecular formula is C11H10F3NO3. The summed E-state index contributed by atoms with van der Waals surface area (Å²) < 4.78 is 31.7. The van der Waals surface area contributed by atoms with E-state index in [-0.39, 0.29) is 5.91 Å². The van der Waals surface area contributed by atoms with Crippen LogP contribution in [0.25, 0.3) is 0 Å². The maximum atomic E-state index is 10.9. The van der Waals surface area contributed by atoms with Gasteiger partial charge in [0.15, 0.2) is 0 Å². The van der Waals surface area contributed by atoms with Crippen molar-refractivity contribution in [2.75, 3.05) is 5.32 Å². The lowest BCUT2D eigenvalue weighted by Crippen LogP contribution is -2.21. The van der Waals surface area contributed by atoms with Crippen LogP contribution in [0, 0.1) is 0 Å². The molecule has 1 amide bonds. The number of hydrogen-bond donors (Lipinski definition) is 2. The molecule has 4 nitrogen and oxygen atoms in total. The molecule has 0 aromatic heterocycles. The normalized spacial score (nSPS) is 13.8. The first kappa shape index (κ1) is 14.0. The van der Waals surface area contributed by atoms with Crippen molar-refractivity contribution in [1.82, 2.24) is 0 Å². The molecule has 1 heterocycles. The van der Waals surface area contributed by atoms with Crippen molar-refractivity contribution in [1.29, 1.82) is 0 Å². The Morgan fingerprint density at radius 2 is 1.78 bits per heavy atom. The molecular weight excluding hydrogens is 251 g/mol. The fraction of sp³-hybridized carbons (Fsp3) is 0.273. The van der Waals surface area contributed by atoms with Crippen LogP contribution in [0.15, 0.2) is 24.3 Å². The fourth-order valence-electron chi connectivity index (χ4n) is 1.32. The van der Waals surface area contributed by atoms with Gasteiger partial charge in [-0.1, -0.05) is 18.2 Å². The molecule has 7 heteroatoms. The molecule has 0 saturated carbocycles. The minimum Gasteiger partial charge on any atom is -0.475 e. The summed E-state index contributed by atoms with van der Waals surface area (Å²) in [6.07, 6.45) is -3.58. The highest BCUT2D eigenvalue weighted by molar-refractivity contribution is 5.93. The van der Waals surface area contributed by atoms with E-state index in [0.29, 0.717) is 6.42 Å². The van der Waals surface area contributed by atoms with Gasteiger partial charge in [-0.15, -0.1) is 0 Å². The molecule has 1 aromatic rings. The molecule has 0 unspecified atom stereocenters. The summed E-state index contributed by atoms with van der Waals surface area (Å²) in [5.41, 5.74) is 2.22. The largest absolute Gasteiger partial charge is 0.490 e. The van der Waals surface area contributed by atoms with Crippen LogP contribution < -0.4 is 5.32 Å². The highest BCUT2D eigenvalue weighted by Crippen LogP contribution is 2.20. The third-order valence-electron chi connectivity index (χ3n) is 2.16. The number of carboxylic acid groups (broad SMARTS) is 1. The van der Waals surface area contributed by atoms with E-state index in [4.69, 9.17) is 9.90 Å². The zero-order valence-electron chi connectivity index (χ0n) is 9.12. The SMILES string of the molecule is O=C(O)C(F)(F)F.O=C1CCc2ccccc2N1. The van der Waals surface area contributed by atoms with Gasteiger partial charge in [0.1, 0.15) is 0 Å². The Kier molecular flexibility index (Phi) is 4.30. The number of aryl methyl sites for hydroxylation is 1. The predicted octanol–water partition coefficient (Wildman–Crippen LogP) is 2.20. The Morgan fingerprint density at radius 3 is 2.33 bits per heavy atom. The van der Waals surface area contributed by atoms with E-state index in [0.717, 1.165) is 12.1 Å². The van der Waals surface area contributed by atoms with Crippen molar-refractivity contribution in [2.24, 2.45) is 0 Å². The summed E-state index contributed by atoms with van der Waals surface area (Å²) in [7, 11) is 0. The first-order valence-corrected chi connectivity index (χ1v) is 4.98. The standard InChI is InChI=1S/C9H9NO.C2HF3O2/c11-9-6-5-7-3-1-2-4-8(7)10-9;3-2(4,5)1(6)7/h1-4H,5-6H2,(H,10,11);(H,6,7). The second-order valence-electron chi connectivity index (χ2n) is 3.51. The number of hydrogen-bond acceptors (Lipinski definition) is 2. The van der Waals surface area contributed by atoms with Crippen molar-refractivity contribution >= 4 is 17.6 Å². The van der Waals surface area contributed by atoms with Gasteiger partial charge in [0.25, 0.3) is 0 Å². The monoisotopic (exact) mass is 261 g/mol. The number of rotatable bonds is 0. The van der Waals surface area contributed by atoms with E-state index in [9.17, 15) is 18.0 Å². The summed E-state index contributed by atoms with van der Waals surface area (Å²) in [6.45, 7) is 0. The van der Waals surface area contributed by atoms with Gasteiger partial charge >= 0.3 is 12.1 Å². The van der Waals surface area contributed by atoms with Crippen LogP contribution >= 0.6 is 0 Å². The lowest BCUT2D eigenvalue weighted by molar-refractivity contribution is -0.192. The number of amides is 1. The zero-order valence-corrected chi connectivity index (χ0v) is 9.12. The van der Waals surface area contributed by atoms with Crippen molar-refractivity contribution in [3.63, 3.8) is 0 Å². The summed E-state index contributed by atoms with van der Waals surface area (Å²) >= 11 is 0. The first-order valence-electron chi connectivity index (χ1n) is 4.98. The van der Waals surface area contributed by atoms with Crippen molar-refractivity contribution < 1.29 is 27.9 Å². The van der Waals surface area contributed by atoms with Gasteiger partial charge in [0.2, 0.25) is 5.91 Å². The summed E-state index contributed by atoms with van der Waals surface area (Å²) in [5.74, 6) is -2.63. The van der Waals surface area contributed by atoms with E-state index in [1.807, 2.05) is 18.2 Å². The molecule has 18 heavy (non-hydrogen) atoms. The molecule has 2 N–H and O–H groups in total. The van der Waals surface area contributed by atoms with Crippen LogP contribution in [-0.2, 0) is 16.0 Å². The summed E-state index contributed by atoms with van der Waals surface area (Å²) in [6, 6.07) is 7.92. The maximum Gasteiger partial charge on any atom is 0.490 e. The Labute approximate surface area is 100 Å². The number of aliphatic carboxylic acids is 1. The number of alkyl halides is 3. The minimum atomic E-state index is -5.08. The minimum absolute atomic E-state index is 0.128. The van der Waals surface area contributed by atoms with Crippen LogP contribution in [0.2, 0.25) is 0 Å². The fourth-order valence-corrected chi connectivity index (χ4v) is 1.32. The lowest BCUT2D eigenvalue weighted by Gasteiger charge is -2.15. The van der Waals surface area contributed by atoms with Crippen LogP contribution in [0.1, 0.15) is 12.0 Å². The third-order valence-corrected chi connectivity index (χ3v) is 2.16. The highest BCUT2D eigenvalue weighted by Gasteiger charge is 2.38. The number of nitrogens with one attached hydrogen (secondary N) is 1. The number of anilines is 1. The van der Waals surface area contributed by atoms with Crippen LogP contribution in [-0.4, -0.2) is 23.2 Å². The number of benzene rings is 1. The summed E-state index contributed by atoms with van der Waals surface area (Å²) in [5, 5.41) is 9.95. The van der Waals surface area contributed by atoms with Gasteiger partial charge in [-0.2, -0.15) is 13.2 Å². The van der Waals surface area contributed by atoms with Gasteiger partial charge in [-0.3, -0.25) is 4.79 Å². The number of carbonyl (C=O) groups excluding carboxylic acids is 1. The number of carbonyl (C=O) groups is 2. The predicted molar refractivity (Wildman–Crippen MR) is 57.1 cm³/mol. The molecule has 0 bridgehead atoms. The molecule has 1 aliphatic rings. The third kappa shape index (κ3) is 4.08. The molecule has 2 rings (SSSR count). The molecule has 0 aliphatic carbocycles. The van der Waals surface area contributed by atoms with Gasteiger partial charge in [-0.05, 0) is 18.1 Å². The topological polar surface area (TPSA) is 66.4 Å². The van der Waals surface area contributed by atoms with E-state index >= 15 is 0 Å². The molecule has 0 saturated heterocycles. The Morgan fingerprint density at radius 1 is 1.22 bits per heavy atom. The second kappa shape index (κ2) is 5.52. The number of para-hydroxylation sites is 1. The number of halogens is 3. The molecule has 0 atom stereocenters. The van der Waals surface area contributed by atoms with Crippen molar-refractivity contribution in [2.45, 2.75) is 19.0 Å². The van der Waals surface area contributed by atoms with Gasteiger partial charge in [0.05, 0.1) is 0 Å². The van der Waals surface area contributed by atoms with Crippen molar-refractivity contribution in [3.05, 3.63) is 29.8 Å². The average molecular weight is 261 g/mol. The zero-order chi connectivity index (χ0) is 13.8. The van der Waals surface area contributed by atoms with Gasteiger partial charge in [-0.25, -0.2) is 4.79 Å². The quantitative estimate of drug-likeness (QED) is 0.752. The van der Waals surface area contributed by atoms with Crippen LogP contribution in [0.5, 0.6) is 0 Å². The van der Waals surface area contributed by atoms with E-state index in [1.54, 1.807) is 0 Å². The van der Waals surface area contributed by atoms with E-state index in [1.165, 1.54) is 5.56 Å². The van der Waals surface area contributed by atoms with E-state index < -0.39 is 12.1 Å². The molecule has 0 spiro atoms. The molecule has 1 aliphatic heterocycles. The van der Waals surface area contributed by atoms with Crippen LogP contribution in [0.4, 0.5) is 18.9 Å². The highest BCUT2D eigenvalue weighted by atomic mass is 19.4. The lowest BCUT2D eigenvalue weighted by atomic mass is 10.0. The molecule has 1 aromatic carbocycles. The average Bonchev–Trinajstić information content (AvgIpc) is 2.28. The maximum absolute atomic E-state index is 10.9. The number of fused-ring (bicyclic) bond motifs is 1. The molecule has 0 radical (unpaired) electrons. The van der Waals surface area contributed by atoms with Gasteiger partial charge < -0.3 is 10.4 Å². The second-order valence-corrected chi connectivity index (χ2v) is 3.51. The van der Waals surface area contributed by atoms with Crippen molar-refractivity contribution in [3.8, 4) is 0 Å².